The van der Waals surface area contributed by atoms with E-state index >= 15 is 0 Å². The van der Waals surface area contributed by atoms with Gasteiger partial charge in [0.1, 0.15) is 0 Å². The quantitative estimate of drug-likeness (QED) is 0.558. The van der Waals surface area contributed by atoms with E-state index in [1.54, 1.807) is 0 Å². The second kappa shape index (κ2) is 9.73. The van der Waals surface area contributed by atoms with Crippen molar-refractivity contribution in [1.82, 2.24) is 4.90 Å². The molecule has 0 heterocycles. The van der Waals surface area contributed by atoms with Gasteiger partial charge in [0.2, 0.25) is 0 Å². The Morgan fingerprint density at radius 2 is 1.21 bits per heavy atom. The predicted octanol–water partition coefficient (Wildman–Crippen LogP) is 5.53. The highest BCUT2D eigenvalue weighted by Crippen LogP contribution is 2.24. The molecule has 0 radical (unpaired) electrons. The van der Waals surface area contributed by atoms with E-state index in [2.05, 4.69) is 35.2 Å². The average Bonchev–Trinajstić information content (AvgIpc) is 2.72. The van der Waals surface area contributed by atoms with Gasteiger partial charge >= 0.3 is 0 Å². The predicted molar refractivity (Wildman–Crippen MR) is 115 cm³/mol. The normalized spacial score (nSPS) is 10.8. The second-order valence-electron chi connectivity index (χ2n) is 6.72. The average molecular weight is 410 g/mol. The molecule has 3 aromatic carbocycles. The summed E-state index contributed by atoms with van der Waals surface area (Å²) >= 11 is 12.2. The molecule has 3 aromatic rings. The lowest BCUT2D eigenvalue weighted by molar-refractivity contribution is 0.247. The molecule has 0 atom stereocenters. The third kappa shape index (κ3) is 5.58. The number of hydrogen-bond acceptors (Lipinski definition) is 3. The van der Waals surface area contributed by atoms with E-state index in [-0.39, 0.29) is 0 Å². The van der Waals surface area contributed by atoms with Gasteiger partial charge in [-0.1, -0.05) is 65.7 Å². The molecule has 0 aliphatic carbocycles. The first-order chi connectivity index (χ1) is 13.6. The molecule has 28 heavy (non-hydrogen) atoms. The van der Waals surface area contributed by atoms with Crippen LogP contribution in [-0.2, 0) is 26.2 Å². The minimum absolute atomic E-state index is 0.540. The van der Waals surface area contributed by atoms with Crippen LogP contribution in [0, 0.1) is 11.3 Å². The van der Waals surface area contributed by atoms with Crippen LogP contribution < -0.4 is 5.73 Å². The number of rotatable bonds is 7. The van der Waals surface area contributed by atoms with Crippen LogP contribution in [0.1, 0.15) is 27.8 Å². The molecule has 0 saturated carbocycles. The maximum absolute atomic E-state index is 9.00. The highest BCUT2D eigenvalue weighted by Gasteiger charge is 2.10. The van der Waals surface area contributed by atoms with E-state index < -0.39 is 0 Å². The third-order valence-electron chi connectivity index (χ3n) is 4.54. The summed E-state index contributed by atoms with van der Waals surface area (Å²) in [5.74, 6) is 0. The Hall–Kier alpha value is -2.35. The molecule has 0 bridgehead atoms. The Kier molecular flexibility index (Phi) is 7.08. The van der Waals surface area contributed by atoms with Crippen molar-refractivity contribution in [2.45, 2.75) is 26.2 Å². The van der Waals surface area contributed by atoms with Crippen LogP contribution in [-0.4, -0.2) is 4.90 Å². The van der Waals surface area contributed by atoms with Gasteiger partial charge in [-0.2, -0.15) is 5.26 Å². The first-order valence-corrected chi connectivity index (χ1v) is 9.76. The summed E-state index contributed by atoms with van der Waals surface area (Å²) in [6.45, 7) is 2.81. The zero-order valence-electron chi connectivity index (χ0n) is 15.4. The Morgan fingerprint density at radius 1 is 0.714 bits per heavy atom. The van der Waals surface area contributed by atoms with Crippen molar-refractivity contribution < 1.29 is 0 Å². The zero-order valence-corrected chi connectivity index (χ0v) is 16.9. The first-order valence-electron chi connectivity index (χ1n) is 9.00. The number of nitrogens with two attached hydrogens (primary N) is 1. The number of nitrogens with zero attached hydrogens (tertiary/aromatic N) is 2. The summed E-state index contributed by atoms with van der Waals surface area (Å²) in [4.78, 5) is 2.33. The van der Waals surface area contributed by atoms with E-state index in [1.807, 2.05) is 42.5 Å². The van der Waals surface area contributed by atoms with Crippen LogP contribution in [0.3, 0.4) is 0 Å². The second-order valence-corrected chi connectivity index (χ2v) is 7.54. The van der Waals surface area contributed by atoms with E-state index in [0.29, 0.717) is 22.2 Å². The Morgan fingerprint density at radius 3 is 1.75 bits per heavy atom. The largest absolute Gasteiger partial charge is 0.326 e. The summed E-state index contributed by atoms with van der Waals surface area (Å²) in [6.07, 6.45) is 0. The monoisotopic (exact) mass is 409 g/mol. The summed E-state index contributed by atoms with van der Waals surface area (Å²) in [5, 5.41) is 10.1. The molecule has 3 nitrogen and oxygen atoms in total. The van der Waals surface area contributed by atoms with E-state index in [4.69, 9.17) is 34.2 Å². The van der Waals surface area contributed by atoms with Gasteiger partial charge in [-0.05, 0) is 46.5 Å². The highest BCUT2D eigenvalue weighted by atomic mass is 35.5. The Balaban J connectivity index is 1.80. The van der Waals surface area contributed by atoms with Crippen LogP contribution in [0.15, 0.2) is 66.7 Å². The number of hydrogen-bond donors (Lipinski definition) is 1. The summed E-state index contributed by atoms with van der Waals surface area (Å²) in [7, 11) is 0. The lowest BCUT2D eigenvalue weighted by Gasteiger charge is -2.23. The molecule has 0 fully saturated rings. The van der Waals surface area contributed by atoms with E-state index in [0.717, 1.165) is 36.3 Å². The van der Waals surface area contributed by atoms with Crippen molar-refractivity contribution in [3.05, 3.63) is 105 Å². The number of halogens is 2. The van der Waals surface area contributed by atoms with Gasteiger partial charge in [0.15, 0.2) is 0 Å². The molecule has 142 valence electrons. The molecular formula is C23H21Cl2N3. The maximum atomic E-state index is 9.00. The molecule has 2 N–H and O–H groups in total. The van der Waals surface area contributed by atoms with Crippen LogP contribution in [0.2, 0.25) is 10.0 Å². The topological polar surface area (TPSA) is 53.0 Å². The Bertz CT molecular complexity index is 961. The van der Waals surface area contributed by atoms with Crippen molar-refractivity contribution in [2.75, 3.05) is 0 Å². The van der Waals surface area contributed by atoms with Gasteiger partial charge in [0.25, 0.3) is 0 Å². The fourth-order valence-corrected chi connectivity index (χ4v) is 3.37. The molecule has 0 saturated heterocycles. The minimum atomic E-state index is 0.540. The lowest BCUT2D eigenvalue weighted by atomic mass is 10.1. The van der Waals surface area contributed by atoms with Gasteiger partial charge in [0, 0.05) is 26.2 Å². The first kappa shape index (κ1) is 20.4. The molecule has 0 unspecified atom stereocenters. The van der Waals surface area contributed by atoms with Crippen LogP contribution in [0.4, 0.5) is 0 Å². The number of nitriles is 1. The minimum Gasteiger partial charge on any atom is -0.326 e. The zero-order chi connectivity index (χ0) is 19.9. The number of benzene rings is 3. The highest BCUT2D eigenvalue weighted by molar-refractivity contribution is 6.42. The summed E-state index contributed by atoms with van der Waals surface area (Å²) in [6, 6.07) is 23.9. The van der Waals surface area contributed by atoms with Crippen LogP contribution in [0.5, 0.6) is 0 Å². The Labute approximate surface area is 175 Å². The molecule has 0 aliphatic rings. The third-order valence-corrected chi connectivity index (χ3v) is 5.28. The van der Waals surface area contributed by atoms with Crippen molar-refractivity contribution in [3.8, 4) is 6.07 Å². The molecule has 3 rings (SSSR count). The van der Waals surface area contributed by atoms with Crippen molar-refractivity contribution in [2.24, 2.45) is 5.73 Å². The van der Waals surface area contributed by atoms with Gasteiger partial charge in [-0.15, -0.1) is 0 Å². The summed E-state index contributed by atoms with van der Waals surface area (Å²) < 4.78 is 0. The van der Waals surface area contributed by atoms with Gasteiger partial charge in [-0.25, -0.2) is 0 Å². The fraction of sp³-hybridized carbons (Fsp3) is 0.174. The van der Waals surface area contributed by atoms with E-state index in [1.165, 1.54) is 5.56 Å². The van der Waals surface area contributed by atoms with Gasteiger partial charge in [0.05, 0.1) is 21.7 Å². The smallest absolute Gasteiger partial charge is 0.0991 e. The SMILES string of the molecule is N#Cc1ccc(CN(Cc2ccc(CN)cc2)Cc2ccc(Cl)c(Cl)c2)cc1. The van der Waals surface area contributed by atoms with Crippen molar-refractivity contribution >= 4 is 23.2 Å². The van der Waals surface area contributed by atoms with Crippen molar-refractivity contribution in [1.29, 1.82) is 5.26 Å². The van der Waals surface area contributed by atoms with Crippen molar-refractivity contribution in [3.63, 3.8) is 0 Å². The maximum Gasteiger partial charge on any atom is 0.0991 e. The molecule has 0 spiro atoms. The molecule has 0 aliphatic heterocycles. The standard InChI is InChI=1S/C23H21Cl2N3/c24-22-10-9-21(11-23(22)25)16-28(14-19-5-1-17(12-26)2-6-19)15-20-7-3-18(13-27)4-8-20/h1-11H,12,14-16,26H2. The van der Waals surface area contributed by atoms with E-state index in [9.17, 15) is 0 Å². The van der Waals surface area contributed by atoms with Crippen LogP contribution >= 0.6 is 23.2 Å². The van der Waals surface area contributed by atoms with Gasteiger partial charge < -0.3 is 5.73 Å². The molecule has 0 amide bonds. The molecule has 5 heteroatoms. The fourth-order valence-electron chi connectivity index (χ4n) is 3.05. The lowest BCUT2D eigenvalue weighted by Crippen LogP contribution is -2.22. The van der Waals surface area contributed by atoms with Gasteiger partial charge in [-0.3, -0.25) is 4.90 Å². The van der Waals surface area contributed by atoms with Crippen LogP contribution in [0.25, 0.3) is 0 Å². The molecule has 0 aromatic heterocycles. The molecular weight excluding hydrogens is 389 g/mol. The summed E-state index contributed by atoms with van der Waals surface area (Å²) in [5.41, 5.74) is 10.9.